The quantitative estimate of drug-likeness (QED) is 0.639. The van der Waals surface area contributed by atoms with Crippen molar-refractivity contribution in [1.29, 1.82) is 0 Å². The summed E-state index contributed by atoms with van der Waals surface area (Å²) >= 11 is 0. The molecule has 1 aromatic rings. The number of aromatic hydroxyl groups is 1. The lowest BCUT2D eigenvalue weighted by Gasteiger charge is -2.23. The van der Waals surface area contributed by atoms with E-state index in [1.165, 1.54) is 5.57 Å². The summed E-state index contributed by atoms with van der Waals surface area (Å²) in [7, 11) is 0. The first-order valence-electron chi connectivity index (χ1n) is 9.50. The molecule has 0 unspecified atom stereocenters. The van der Waals surface area contributed by atoms with Gasteiger partial charge in [0, 0.05) is 30.7 Å². The largest absolute Gasteiger partial charge is 0.508 e. The van der Waals surface area contributed by atoms with Gasteiger partial charge in [0.2, 0.25) is 11.8 Å². The van der Waals surface area contributed by atoms with Crippen LogP contribution in [0.15, 0.2) is 35.9 Å². The fraction of sp³-hybridized carbons (Fsp3) is 0.524. The zero-order chi connectivity index (χ0) is 20.0. The molecule has 3 N–H and O–H groups in total. The number of allylic oxidation sites excluding steroid dienone is 1. The molecular formula is C21H31N3O3. The highest BCUT2D eigenvalue weighted by Crippen LogP contribution is 2.20. The van der Waals surface area contributed by atoms with Gasteiger partial charge in [0.05, 0.1) is 12.5 Å². The number of likely N-dealkylation sites (tertiary alicyclic amines) is 1. The summed E-state index contributed by atoms with van der Waals surface area (Å²) in [4.78, 5) is 27.1. The topological polar surface area (TPSA) is 81.7 Å². The van der Waals surface area contributed by atoms with Gasteiger partial charge in [-0.15, -0.1) is 0 Å². The first kappa shape index (κ1) is 21.0. The van der Waals surface area contributed by atoms with E-state index in [-0.39, 0.29) is 42.1 Å². The predicted molar refractivity (Wildman–Crippen MR) is 106 cm³/mol. The minimum absolute atomic E-state index is 0.00427. The molecule has 0 saturated carbocycles. The first-order valence-corrected chi connectivity index (χ1v) is 9.50. The molecule has 0 aromatic heterocycles. The van der Waals surface area contributed by atoms with Crippen molar-refractivity contribution in [3.8, 4) is 5.75 Å². The van der Waals surface area contributed by atoms with Crippen LogP contribution < -0.4 is 10.6 Å². The third kappa shape index (κ3) is 6.40. The van der Waals surface area contributed by atoms with Gasteiger partial charge >= 0.3 is 0 Å². The van der Waals surface area contributed by atoms with Crippen molar-refractivity contribution in [2.24, 2.45) is 0 Å². The predicted octanol–water partition coefficient (Wildman–Crippen LogP) is 1.98. The second kappa shape index (κ2) is 9.55. The fourth-order valence-electron chi connectivity index (χ4n) is 3.28. The van der Waals surface area contributed by atoms with Crippen LogP contribution in [0.1, 0.15) is 39.7 Å². The van der Waals surface area contributed by atoms with Crippen LogP contribution in [-0.4, -0.2) is 53.0 Å². The Morgan fingerprint density at radius 3 is 2.63 bits per heavy atom. The molecule has 2 atom stereocenters. The van der Waals surface area contributed by atoms with Crippen molar-refractivity contribution >= 4 is 11.8 Å². The lowest BCUT2D eigenvalue weighted by atomic mass is 10.1. The van der Waals surface area contributed by atoms with Gasteiger partial charge in [-0.25, -0.2) is 0 Å². The molecule has 1 aliphatic heterocycles. The van der Waals surface area contributed by atoms with Crippen LogP contribution in [0.5, 0.6) is 5.75 Å². The van der Waals surface area contributed by atoms with Crippen LogP contribution in [0.3, 0.4) is 0 Å². The molecule has 2 rings (SSSR count). The third-order valence-electron chi connectivity index (χ3n) is 4.58. The minimum Gasteiger partial charge on any atom is -0.508 e. The van der Waals surface area contributed by atoms with Gasteiger partial charge in [-0.3, -0.25) is 14.5 Å². The van der Waals surface area contributed by atoms with Crippen molar-refractivity contribution in [1.82, 2.24) is 15.5 Å². The van der Waals surface area contributed by atoms with Gasteiger partial charge in [0.1, 0.15) is 5.75 Å². The highest BCUT2D eigenvalue weighted by Gasteiger charge is 2.37. The number of amides is 2. The van der Waals surface area contributed by atoms with Crippen LogP contribution in [-0.2, 0) is 16.0 Å². The maximum absolute atomic E-state index is 12.6. The Hall–Kier alpha value is -2.34. The number of rotatable bonds is 7. The maximum Gasteiger partial charge on any atom is 0.237 e. The number of phenols is 1. The first-order chi connectivity index (χ1) is 12.8. The van der Waals surface area contributed by atoms with Gasteiger partial charge in [-0.2, -0.15) is 0 Å². The van der Waals surface area contributed by atoms with Gasteiger partial charge in [0.15, 0.2) is 0 Å². The highest BCUT2D eigenvalue weighted by molar-refractivity contribution is 5.83. The lowest BCUT2D eigenvalue weighted by molar-refractivity contribution is -0.126. The molecule has 0 bridgehead atoms. The zero-order valence-corrected chi connectivity index (χ0v) is 16.7. The summed E-state index contributed by atoms with van der Waals surface area (Å²) in [6.07, 6.45) is 2.81. The Labute approximate surface area is 161 Å². The Balaban J connectivity index is 2.00. The van der Waals surface area contributed by atoms with Crippen molar-refractivity contribution in [2.45, 2.75) is 58.7 Å². The monoisotopic (exact) mass is 373 g/mol. The number of hydrogen-bond acceptors (Lipinski definition) is 4. The molecule has 2 amide bonds. The smallest absolute Gasteiger partial charge is 0.237 e. The van der Waals surface area contributed by atoms with E-state index < -0.39 is 0 Å². The summed E-state index contributed by atoms with van der Waals surface area (Å²) in [5.74, 6) is -0.0170. The normalized spacial score (nSPS) is 19.7. The number of carbonyl (C=O) groups is 2. The molecule has 27 heavy (non-hydrogen) atoms. The average Bonchev–Trinajstić information content (AvgIpc) is 2.97. The van der Waals surface area contributed by atoms with Gasteiger partial charge < -0.3 is 15.7 Å². The van der Waals surface area contributed by atoms with Crippen molar-refractivity contribution in [3.63, 3.8) is 0 Å². The number of carbonyl (C=O) groups excluding carboxylic acids is 2. The minimum atomic E-state index is -0.251. The molecule has 148 valence electrons. The van der Waals surface area contributed by atoms with E-state index in [1.807, 2.05) is 27.7 Å². The molecule has 0 aliphatic carbocycles. The summed E-state index contributed by atoms with van der Waals surface area (Å²) in [5.41, 5.74) is 1.80. The van der Waals surface area contributed by atoms with E-state index in [4.69, 9.17) is 0 Å². The third-order valence-corrected chi connectivity index (χ3v) is 4.58. The van der Waals surface area contributed by atoms with E-state index in [9.17, 15) is 14.7 Å². The van der Waals surface area contributed by atoms with Gasteiger partial charge in [0.25, 0.3) is 0 Å². The Morgan fingerprint density at radius 1 is 1.30 bits per heavy atom. The Morgan fingerprint density at radius 2 is 2.00 bits per heavy atom. The Bertz CT molecular complexity index is 696. The molecular weight excluding hydrogens is 342 g/mol. The number of hydrogen-bond donors (Lipinski definition) is 3. The van der Waals surface area contributed by atoms with E-state index in [2.05, 4.69) is 21.6 Å². The molecule has 1 saturated heterocycles. The molecule has 6 nitrogen and oxygen atoms in total. The molecule has 6 heteroatoms. The van der Waals surface area contributed by atoms with Crippen molar-refractivity contribution < 1.29 is 14.7 Å². The molecule has 1 heterocycles. The molecule has 1 aliphatic rings. The fourth-order valence-corrected chi connectivity index (χ4v) is 3.28. The molecule has 1 fully saturated rings. The summed E-state index contributed by atoms with van der Waals surface area (Å²) in [6, 6.07) is 6.58. The van der Waals surface area contributed by atoms with Crippen molar-refractivity contribution in [2.75, 3.05) is 13.1 Å². The summed E-state index contributed by atoms with van der Waals surface area (Å²) in [5, 5.41) is 15.8. The summed E-state index contributed by atoms with van der Waals surface area (Å²) < 4.78 is 0. The van der Waals surface area contributed by atoms with Crippen LogP contribution in [0.2, 0.25) is 0 Å². The second-order valence-corrected chi connectivity index (χ2v) is 7.72. The highest BCUT2D eigenvalue weighted by atomic mass is 16.3. The second-order valence-electron chi connectivity index (χ2n) is 7.72. The SMILES string of the molecule is CC(C)=CCN1C[C@H](NC(=O)Cc2ccccc2O)C[C@H]1C(=O)NC(C)C. The van der Waals surface area contributed by atoms with E-state index >= 15 is 0 Å². The number of nitrogens with one attached hydrogen (secondary N) is 2. The van der Waals surface area contributed by atoms with Crippen molar-refractivity contribution in [3.05, 3.63) is 41.5 Å². The summed E-state index contributed by atoms with van der Waals surface area (Å²) in [6.45, 7) is 9.27. The van der Waals surface area contributed by atoms with Crippen LogP contribution >= 0.6 is 0 Å². The van der Waals surface area contributed by atoms with E-state index in [0.29, 0.717) is 25.1 Å². The van der Waals surface area contributed by atoms with E-state index in [1.54, 1.807) is 24.3 Å². The van der Waals surface area contributed by atoms with Gasteiger partial charge in [-0.1, -0.05) is 29.8 Å². The zero-order valence-electron chi connectivity index (χ0n) is 16.7. The molecule has 0 spiro atoms. The van der Waals surface area contributed by atoms with Crippen LogP contribution in [0, 0.1) is 0 Å². The molecule has 1 aromatic carbocycles. The van der Waals surface area contributed by atoms with E-state index in [0.717, 1.165) is 0 Å². The lowest BCUT2D eigenvalue weighted by Crippen LogP contribution is -2.45. The number of para-hydroxylation sites is 1. The van der Waals surface area contributed by atoms with Gasteiger partial charge in [-0.05, 0) is 40.2 Å². The van der Waals surface area contributed by atoms with Crippen LogP contribution in [0.4, 0.5) is 0 Å². The number of phenolic OH excluding ortho intramolecular Hbond substituents is 1. The molecule has 0 radical (unpaired) electrons. The number of nitrogens with zero attached hydrogens (tertiary/aromatic N) is 1. The standard InChI is InChI=1S/C21H31N3O3/c1-14(2)9-10-24-13-17(12-18(24)21(27)22-15(3)4)23-20(26)11-16-7-5-6-8-19(16)25/h5-9,15,17-18,25H,10-13H2,1-4H3,(H,22,27)(H,23,26)/t17-,18+/m1/s1. The average molecular weight is 373 g/mol. The Kier molecular flexibility index (Phi) is 7.42. The maximum atomic E-state index is 12.6. The van der Waals surface area contributed by atoms with Crippen LogP contribution in [0.25, 0.3) is 0 Å². The number of benzene rings is 1.